The number of amides is 1. The highest BCUT2D eigenvalue weighted by molar-refractivity contribution is 5.81. The molecule has 17 heavy (non-hydrogen) atoms. The van der Waals surface area contributed by atoms with Crippen LogP contribution in [0.4, 0.5) is 8.78 Å². The van der Waals surface area contributed by atoms with Crippen molar-refractivity contribution in [2.45, 2.75) is 12.3 Å². The van der Waals surface area contributed by atoms with Gasteiger partial charge in [0.25, 0.3) is 0 Å². The molecule has 2 unspecified atom stereocenters. The van der Waals surface area contributed by atoms with Gasteiger partial charge in [0.2, 0.25) is 5.91 Å². The summed E-state index contributed by atoms with van der Waals surface area (Å²) in [6.07, 6.45) is 0.578. The maximum Gasteiger partial charge on any atom is 0.249 e. The molecule has 1 aliphatic rings. The molecule has 0 N–H and O–H groups in total. The first-order valence-corrected chi connectivity index (χ1v) is 5.31. The van der Waals surface area contributed by atoms with Crippen molar-refractivity contribution in [3.05, 3.63) is 35.4 Å². The Morgan fingerprint density at radius 3 is 2.76 bits per heavy atom. The molecule has 0 aromatic heterocycles. The van der Waals surface area contributed by atoms with E-state index in [0.29, 0.717) is 12.0 Å². The third-order valence-electron chi connectivity index (χ3n) is 3.05. The van der Waals surface area contributed by atoms with Gasteiger partial charge in [0.15, 0.2) is 0 Å². The van der Waals surface area contributed by atoms with Crippen molar-refractivity contribution in [2.75, 3.05) is 14.2 Å². The minimum Gasteiger partial charge on any atom is -0.275 e. The van der Waals surface area contributed by atoms with Gasteiger partial charge in [0.05, 0.1) is 7.11 Å². The summed E-state index contributed by atoms with van der Waals surface area (Å²) in [5.74, 6) is -1.81. The van der Waals surface area contributed by atoms with Crippen LogP contribution in [-0.4, -0.2) is 25.1 Å². The molecular formula is C12H13F2NO2. The van der Waals surface area contributed by atoms with Crippen LogP contribution in [-0.2, 0) is 9.63 Å². The lowest BCUT2D eigenvalue weighted by Crippen LogP contribution is -2.27. The maximum absolute atomic E-state index is 13.5. The zero-order valence-corrected chi connectivity index (χ0v) is 9.61. The summed E-state index contributed by atoms with van der Waals surface area (Å²) in [5, 5.41) is 1.13. The maximum atomic E-state index is 13.5. The van der Waals surface area contributed by atoms with Gasteiger partial charge >= 0.3 is 0 Å². The monoisotopic (exact) mass is 241 g/mol. The van der Waals surface area contributed by atoms with Gasteiger partial charge in [0, 0.05) is 19.0 Å². The molecule has 1 amide bonds. The smallest absolute Gasteiger partial charge is 0.249 e. The van der Waals surface area contributed by atoms with E-state index in [9.17, 15) is 13.6 Å². The van der Waals surface area contributed by atoms with Crippen LogP contribution in [0.25, 0.3) is 0 Å². The molecule has 0 aliphatic heterocycles. The van der Waals surface area contributed by atoms with Crippen molar-refractivity contribution in [3.63, 3.8) is 0 Å². The third kappa shape index (κ3) is 2.29. The van der Waals surface area contributed by atoms with Gasteiger partial charge in [-0.3, -0.25) is 9.63 Å². The molecule has 0 heterocycles. The van der Waals surface area contributed by atoms with Crippen LogP contribution in [0.3, 0.4) is 0 Å². The van der Waals surface area contributed by atoms with Crippen molar-refractivity contribution in [1.29, 1.82) is 0 Å². The molecular weight excluding hydrogens is 228 g/mol. The third-order valence-corrected chi connectivity index (χ3v) is 3.05. The van der Waals surface area contributed by atoms with Gasteiger partial charge < -0.3 is 0 Å². The minimum absolute atomic E-state index is 0.166. The molecule has 1 aromatic rings. The van der Waals surface area contributed by atoms with Crippen LogP contribution in [0.2, 0.25) is 0 Å². The first-order chi connectivity index (χ1) is 8.04. The summed E-state index contributed by atoms with van der Waals surface area (Å²) in [7, 11) is 2.91. The highest BCUT2D eigenvalue weighted by atomic mass is 19.1. The van der Waals surface area contributed by atoms with Crippen LogP contribution >= 0.6 is 0 Å². The number of hydrogen-bond acceptors (Lipinski definition) is 2. The van der Waals surface area contributed by atoms with Gasteiger partial charge in [-0.1, -0.05) is 6.07 Å². The summed E-state index contributed by atoms with van der Waals surface area (Å²) < 4.78 is 26.2. The van der Waals surface area contributed by atoms with Crippen molar-refractivity contribution in [1.82, 2.24) is 5.06 Å². The van der Waals surface area contributed by atoms with E-state index < -0.39 is 11.6 Å². The van der Waals surface area contributed by atoms with Crippen LogP contribution < -0.4 is 0 Å². The number of benzene rings is 1. The summed E-state index contributed by atoms with van der Waals surface area (Å²) >= 11 is 0. The van der Waals surface area contributed by atoms with Crippen LogP contribution in [0.5, 0.6) is 0 Å². The molecule has 2 atom stereocenters. The Kier molecular flexibility index (Phi) is 3.11. The van der Waals surface area contributed by atoms with Gasteiger partial charge in [-0.15, -0.1) is 0 Å². The van der Waals surface area contributed by atoms with Crippen LogP contribution in [0.15, 0.2) is 18.2 Å². The number of hydroxylamine groups is 2. The van der Waals surface area contributed by atoms with Gasteiger partial charge in [-0.2, -0.15) is 0 Å². The van der Waals surface area contributed by atoms with Gasteiger partial charge in [0.1, 0.15) is 11.6 Å². The Bertz CT molecular complexity index is 450. The molecule has 3 nitrogen and oxygen atoms in total. The highest BCUT2D eigenvalue weighted by Crippen LogP contribution is 2.49. The highest BCUT2D eigenvalue weighted by Gasteiger charge is 2.46. The lowest BCUT2D eigenvalue weighted by atomic mass is 10.1. The zero-order chi connectivity index (χ0) is 12.6. The normalized spacial score (nSPS) is 22.4. The number of carbonyl (C=O) groups is 1. The van der Waals surface area contributed by atoms with Gasteiger partial charge in [-0.25, -0.2) is 13.8 Å². The second-order valence-electron chi connectivity index (χ2n) is 4.13. The van der Waals surface area contributed by atoms with Crippen molar-refractivity contribution in [3.8, 4) is 0 Å². The Morgan fingerprint density at radius 2 is 2.18 bits per heavy atom. The van der Waals surface area contributed by atoms with E-state index in [1.807, 2.05) is 0 Å². The summed E-state index contributed by atoms with van der Waals surface area (Å²) in [5.41, 5.74) is 0.397. The summed E-state index contributed by atoms with van der Waals surface area (Å²) in [6, 6.07) is 3.45. The Hall–Kier alpha value is -1.49. The molecule has 2 rings (SSSR count). The first kappa shape index (κ1) is 12.0. The number of carbonyl (C=O) groups excluding carboxylic acids is 1. The SMILES string of the molecule is CON(C)C(=O)C1CC1c1ccc(F)cc1F. The minimum atomic E-state index is -0.608. The van der Waals surface area contributed by atoms with E-state index in [4.69, 9.17) is 4.84 Å². The Labute approximate surface area is 97.9 Å². The summed E-state index contributed by atoms with van der Waals surface area (Å²) in [4.78, 5) is 16.5. The summed E-state index contributed by atoms with van der Waals surface area (Å²) in [6.45, 7) is 0. The number of rotatable bonds is 3. The van der Waals surface area contributed by atoms with Crippen LogP contribution in [0.1, 0.15) is 17.9 Å². The standard InChI is InChI=1S/C12H13F2NO2/c1-15(17-2)12(16)10-6-9(10)8-4-3-7(13)5-11(8)14/h3-5,9-10H,6H2,1-2H3. The van der Waals surface area contributed by atoms with E-state index in [1.54, 1.807) is 0 Å². The van der Waals surface area contributed by atoms with E-state index in [2.05, 4.69) is 0 Å². The lowest BCUT2D eigenvalue weighted by molar-refractivity contribution is -0.170. The fourth-order valence-electron chi connectivity index (χ4n) is 1.94. The predicted octanol–water partition coefficient (Wildman–Crippen LogP) is 2.09. The second kappa shape index (κ2) is 4.41. The lowest BCUT2D eigenvalue weighted by Gasteiger charge is -2.13. The average Bonchev–Trinajstić information content (AvgIpc) is 3.07. The first-order valence-electron chi connectivity index (χ1n) is 5.31. The molecule has 1 fully saturated rings. The average molecular weight is 241 g/mol. The number of nitrogens with zero attached hydrogens (tertiary/aromatic N) is 1. The molecule has 0 spiro atoms. The number of hydrogen-bond donors (Lipinski definition) is 0. The molecule has 0 radical (unpaired) electrons. The van der Waals surface area contributed by atoms with E-state index in [-0.39, 0.29) is 17.7 Å². The molecule has 0 bridgehead atoms. The Balaban J connectivity index is 2.10. The topological polar surface area (TPSA) is 29.5 Å². The van der Waals surface area contributed by atoms with Crippen molar-refractivity contribution < 1.29 is 18.4 Å². The van der Waals surface area contributed by atoms with Crippen LogP contribution in [0, 0.1) is 17.6 Å². The van der Waals surface area contributed by atoms with Crippen molar-refractivity contribution in [2.24, 2.45) is 5.92 Å². The fourth-order valence-corrected chi connectivity index (χ4v) is 1.94. The van der Waals surface area contributed by atoms with E-state index >= 15 is 0 Å². The fraction of sp³-hybridized carbons (Fsp3) is 0.417. The van der Waals surface area contributed by atoms with Crippen molar-refractivity contribution >= 4 is 5.91 Å². The largest absolute Gasteiger partial charge is 0.275 e. The molecule has 0 saturated heterocycles. The predicted molar refractivity (Wildman–Crippen MR) is 57.0 cm³/mol. The van der Waals surface area contributed by atoms with E-state index in [1.165, 1.54) is 26.3 Å². The Morgan fingerprint density at radius 1 is 1.47 bits per heavy atom. The van der Waals surface area contributed by atoms with E-state index in [0.717, 1.165) is 11.1 Å². The quantitative estimate of drug-likeness (QED) is 0.758. The molecule has 1 saturated carbocycles. The molecule has 5 heteroatoms. The number of halogens is 2. The molecule has 1 aromatic carbocycles. The van der Waals surface area contributed by atoms with Gasteiger partial charge in [-0.05, 0) is 24.0 Å². The zero-order valence-electron chi connectivity index (χ0n) is 9.61. The molecule has 92 valence electrons. The second-order valence-corrected chi connectivity index (χ2v) is 4.13. The molecule has 1 aliphatic carbocycles.